The van der Waals surface area contributed by atoms with E-state index in [1.165, 1.54) is 23.3 Å². The summed E-state index contributed by atoms with van der Waals surface area (Å²) in [6.07, 6.45) is 0. The minimum Gasteiger partial charge on any atom is -0.362 e. The molecule has 7 heteroatoms. The van der Waals surface area contributed by atoms with Crippen molar-refractivity contribution < 1.29 is 4.92 Å². The van der Waals surface area contributed by atoms with E-state index < -0.39 is 4.92 Å². The predicted molar refractivity (Wildman–Crippen MR) is 105 cm³/mol. The Morgan fingerprint density at radius 2 is 1.48 bits per heavy atom. The maximum absolute atomic E-state index is 10.7. The summed E-state index contributed by atoms with van der Waals surface area (Å²) in [4.78, 5) is 12.5. The maximum atomic E-state index is 10.7. The fourth-order valence-electron chi connectivity index (χ4n) is 3.07. The van der Waals surface area contributed by atoms with Crippen LogP contribution >= 0.6 is 11.6 Å². The zero-order chi connectivity index (χ0) is 18.8. The number of nitro groups is 1. The van der Waals surface area contributed by atoms with Crippen LogP contribution in [0.25, 0.3) is 0 Å². The highest BCUT2D eigenvalue weighted by molar-refractivity contribution is 6.33. The van der Waals surface area contributed by atoms with Crippen molar-refractivity contribution in [3.8, 4) is 0 Å². The van der Waals surface area contributed by atoms with Crippen molar-refractivity contribution in [2.75, 3.05) is 4.90 Å². The minimum absolute atomic E-state index is 0.0213. The largest absolute Gasteiger partial charge is 0.362 e. The Kier molecular flexibility index (Phi) is 4.56. The predicted octanol–water partition coefficient (Wildman–Crippen LogP) is 6.18. The molecule has 0 N–H and O–H groups in total. The summed E-state index contributed by atoms with van der Waals surface area (Å²) in [6.45, 7) is 1.67. The Balaban J connectivity index is 1.50. The van der Waals surface area contributed by atoms with Gasteiger partial charge in [0.15, 0.2) is 0 Å². The van der Waals surface area contributed by atoms with E-state index in [9.17, 15) is 10.1 Å². The van der Waals surface area contributed by atoms with Crippen molar-refractivity contribution in [3.63, 3.8) is 0 Å². The highest BCUT2D eigenvalue weighted by Gasteiger charge is 2.20. The lowest BCUT2D eigenvalue weighted by Gasteiger charge is -2.19. The lowest BCUT2D eigenvalue weighted by Crippen LogP contribution is -2.14. The SMILES string of the molecule is O=[N+]([O-])c1ccc(N=Nc2ccc(N3Cc4ccccc4C3)c(Cl)c2)cc1. The standard InChI is InChI=1S/C20H15ClN4O2/c21-19-11-17(23-22-16-5-8-18(9-6-16)25(26)27)7-10-20(19)24-12-14-3-1-2-4-15(14)13-24/h1-11H,12-13H2. The van der Waals surface area contributed by atoms with Crippen molar-refractivity contribution in [1.82, 2.24) is 0 Å². The summed E-state index contributed by atoms with van der Waals surface area (Å²) in [6, 6.07) is 19.8. The second-order valence-corrected chi connectivity index (χ2v) is 6.64. The van der Waals surface area contributed by atoms with Crippen molar-refractivity contribution in [2.45, 2.75) is 13.1 Å². The lowest BCUT2D eigenvalue weighted by atomic mass is 10.1. The molecule has 0 saturated heterocycles. The van der Waals surface area contributed by atoms with Gasteiger partial charge in [-0.25, -0.2) is 0 Å². The third kappa shape index (κ3) is 3.66. The number of anilines is 1. The van der Waals surface area contributed by atoms with Crippen molar-refractivity contribution >= 4 is 34.4 Å². The third-order valence-corrected chi connectivity index (χ3v) is 4.76. The summed E-state index contributed by atoms with van der Waals surface area (Å²) in [5, 5.41) is 19.6. The van der Waals surface area contributed by atoms with Crippen molar-refractivity contribution in [3.05, 3.63) is 93.0 Å². The van der Waals surface area contributed by atoms with Crippen LogP contribution in [0.1, 0.15) is 11.1 Å². The van der Waals surface area contributed by atoms with Crippen LogP contribution in [0.2, 0.25) is 5.02 Å². The molecule has 134 valence electrons. The van der Waals surface area contributed by atoms with E-state index in [0.29, 0.717) is 16.4 Å². The Labute approximate surface area is 160 Å². The number of non-ortho nitro benzene ring substituents is 1. The molecule has 0 bridgehead atoms. The highest BCUT2D eigenvalue weighted by atomic mass is 35.5. The molecule has 1 aliphatic rings. The first kappa shape index (κ1) is 17.2. The van der Waals surface area contributed by atoms with Crippen molar-refractivity contribution in [2.24, 2.45) is 10.2 Å². The highest BCUT2D eigenvalue weighted by Crippen LogP contribution is 2.35. The molecule has 0 aliphatic carbocycles. The summed E-state index contributed by atoms with van der Waals surface area (Å²) >= 11 is 6.47. The number of hydrogen-bond donors (Lipinski definition) is 0. The van der Waals surface area contributed by atoms with Gasteiger partial charge in [-0.1, -0.05) is 35.9 Å². The Bertz CT molecular complexity index is 1010. The van der Waals surface area contributed by atoms with Gasteiger partial charge in [-0.15, -0.1) is 0 Å². The van der Waals surface area contributed by atoms with Gasteiger partial charge >= 0.3 is 0 Å². The van der Waals surface area contributed by atoms with Gasteiger partial charge < -0.3 is 4.90 Å². The van der Waals surface area contributed by atoms with Gasteiger partial charge in [-0.05, 0) is 41.5 Å². The first-order valence-electron chi connectivity index (χ1n) is 8.37. The number of nitrogens with zero attached hydrogens (tertiary/aromatic N) is 4. The van der Waals surface area contributed by atoms with Crippen LogP contribution in [0.5, 0.6) is 0 Å². The van der Waals surface area contributed by atoms with Crippen LogP contribution in [0.15, 0.2) is 77.0 Å². The molecule has 0 aromatic heterocycles. The number of azo groups is 1. The van der Waals surface area contributed by atoms with E-state index in [1.54, 1.807) is 18.2 Å². The van der Waals surface area contributed by atoms with E-state index >= 15 is 0 Å². The van der Waals surface area contributed by atoms with Gasteiger partial charge in [0, 0.05) is 25.2 Å². The fourth-order valence-corrected chi connectivity index (χ4v) is 3.37. The molecule has 0 saturated carbocycles. The van der Waals surface area contributed by atoms with E-state index in [2.05, 4.69) is 27.3 Å². The average Bonchev–Trinajstić information content (AvgIpc) is 3.10. The van der Waals surface area contributed by atoms with E-state index in [-0.39, 0.29) is 5.69 Å². The van der Waals surface area contributed by atoms with Crippen LogP contribution in [0, 0.1) is 10.1 Å². The van der Waals surface area contributed by atoms with E-state index in [0.717, 1.165) is 18.8 Å². The Morgan fingerprint density at radius 3 is 2.07 bits per heavy atom. The topological polar surface area (TPSA) is 71.1 Å². The molecular weight excluding hydrogens is 364 g/mol. The van der Waals surface area contributed by atoms with Gasteiger partial charge in [0.1, 0.15) is 0 Å². The number of nitro benzene ring substituents is 1. The summed E-state index contributed by atoms with van der Waals surface area (Å²) < 4.78 is 0. The fraction of sp³-hybridized carbons (Fsp3) is 0.100. The van der Waals surface area contributed by atoms with E-state index in [4.69, 9.17) is 11.6 Å². The molecule has 3 aromatic rings. The van der Waals surface area contributed by atoms with Gasteiger partial charge in [-0.3, -0.25) is 10.1 Å². The molecule has 0 spiro atoms. The van der Waals surface area contributed by atoms with Gasteiger partial charge in [0.05, 0.1) is 27.0 Å². The molecule has 0 fully saturated rings. The molecule has 0 atom stereocenters. The third-order valence-electron chi connectivity index (χ3n) is 4.45. The molecule has 4 rings (SSSR count). The van der Waals surface area contributed by atoms with Gasteiger partial charge in [0.2, 0.25) is 0 Å². The Morgan fingerprint density at radius 1 is 0.889 bits per heavy atom. The van der Waals surface area contributed by atoms with Crippen LogP contribution < -0.4 is 4.90 Å². The molecule has 1 aliphatic heterocycles. The van der Waals surface area contributed by atoms with Crippen LogP contribution in [0.3, 0.4) is 0 Å². The zero-order valence-corrected chi connectivity index (χ0v) is 15.0. The van der Waals surface area contributed by atoms with Crippen LogP contribution in [0.4, 0.5) is 22.7 Å². The summed E-state index contributed by atoms with van der Waals surface area (Å²) in [5.74, 6) is 0. The number of benzene rings is 3. The average molecular weight is 379 g/mol. The molecule has 1 heterocycles. The molecule has 3 aromatic carbocycles. The summed E-state index contributed by atoms with van der Waals surface area (Å²) in [7, 11) is 0. The zero-order valence-electron chi connectivity index (χ0n) is 14.2. The van der Waals surface area contributed by atoms with Gasteiger partial charge in [0.25, 0.3) is 5.69 Å². The molecule has 0 unspecified atom stereocenters. The number of halogens is 1. The number of rotatable bonds is 4. The second kappa shape index (κ2) is 7.17. The minimum atomic E-state index is -0.448. The van der Waals surface area contributed by atoms with E-state index in [1.807, 2.05) is 24.3 Å². The molecular formula is C20H15ClN4O2. The molecule has 27 heavy (non-hydrogen) atoms. The monoisotopic (exact) mass is 378 g/mol. The number of fused-ring (bicyclic) bond motifs is 1. The van der Waals surface area contributed by atoms with Crippen LogP contribution in [-0.2, 0) is 13.1 Å². The maximum Gasteiger partial charge on any atom is 0.269 e. The normalized spacial score (nSPS) is 13.1. The lowest BCUT2D eigenvalue weighted by molar-refractivity contribution is -0.384. The van der Waals surface area contributed by atoms with Gasteiger partial charge in [-0.2, -0.15) is 10.2 Å². The second-order valence-electron chi connectivity index (χ2n) is 6.23. The first-order chi connectivity index (χ1) is 13.1. The quantitative estimate of drug-likeness (QED) is 0.309. The van der Waals surface area contributed by atoms with Crippen LogP contribution in [-0.4, -0.2) is 4.92 Å². The molecule has 0 amide bonds. The molecule has 6 nitrogen and oxygen atoms in total. The Hall–Kier alpha value is -3.25. The molecule has 0 radical (unpaired) electrons. The number of hydrogen-bond acceptors (Lipinski definition) is 5. The first-order valence-corrected chi connectivity index (χ1v) is 8.75. The summed E-state index contributed by atoms with van der Waals surface area (Å²) in [5.41, 5.74) is 4.77. The van der Waals surface area contributed by atoms with Crippen molar-refractivity contribution in [1.29, 1.82) is 0 Å². The smallest absolute Gasteiger partial charge is 0.269 e.